The Morgan fingerprint density at radius 2 is 2.07 bits per heavy atom. The molecule has 9 heteroatoms. The highest BCUT2D eigenvalue weighted by Crippen LogP contribution is 2.30. The fourth-order valence-electron chi connectivity index (χ4n) is 4.25. The number of fused-ring (bicyclic) bond motifs is 1. The van der Waals surface area contributed by atoms with Crippen molar-refractivity contribution >= 4 is 38.5 Å². The summed E-state index contributed by atoms with van der Waals surface area (Å²) in [4.78, 5) is 22.7. The number of amides is 1. The molecule has 2 heterocycles. The number of sulfone groups is 1. The Labute approximate surface area is 169 Å². The summed E-state index contributed by atoms with van der Waals surface area (Å²) >= 11 is 1.37. The van der Waals surface area contributed by atoms with Crippen LogP contribution in [0.25, 0.3) is 11.0 Å². The van der Waals surface area contributed by atoms with Crippen LogP contribution in [0.4, 0.5) is 0 Å². The highest BCUT2D eigenvalue weighted by atomic mass is 32.2. The van der Waals surface area contributed by atoms with Gasteiger partial charge < -0.3 is 14.6 Å². The zero-order valence-electron chi connectivity index (χ0n) is 15.9. The van der Waals surface area contributed by atoms with E-state index in [2.05, 4.69) is 9.97 Å². The van der Waals surface area contributed by atoms with Crippen molar-refractivity contribution in [2.24, 2.45) is 0 Å². The van der Waals surface area contributed by atoms with Crippen LogP contribution >= 0.6 is 11.8 Å². The van der Waals surface area contributed by atoms with Crippen molar-refractivity contribution in [2.45, 2.75) is 49.3 Å². The summed E-state index contributed by atoms with van der Waals surface area (Å²) in [6.45, 7) is 0. The fourth-order valence-corrected chi connectivity index (χ4v) is 6.71. The van der Waals surface area contributed by atoms with Crippen molar-refractivity contribution in [3.05, 3.63) is 18.2 Å². The molecule has 1 aromatic carbocycles. The number of thioether (sulfide) groups is 1. The molecule has 1 unspecified atom stereocenters. The number of nitrogens with one attached hydrogen (secondary N) is 1. The van der Waals surface area contributed by atoms with Crippen LogP contribution in [-0.2, 0) is 14.6 Å². The maximum atomic E-state index is 13.1. The molecule has 1 saturated heterocycles. The molecule has 1 atom stereocenters. The van der Waals surface area contributed by atoms with Gasteiger partial charge in [-0.25, -0.2) is 13.4 Å². The van der Waals surface area contributed by atoms with Crippen LogP contribution < -0.4 is 4.74 Å². The Bertz CT molecular complexity index is 967. The van der Waals surface area contributed by atoms with Crippen LogP contribution in [0, 0.1) is 0 Å². The topological polar surface area (TPSA) is 92.4 Å². The molecule has 1 N–H and O–H groups in total. The van der Waals surface area contributed by atoms with Gasteiger partial charge in [-0.3, -0.25) is 4.79 Å². The van der Waals surface area contributed by atoms with E-state index in [-0.39, 0.29) is 35.2 Å². The molecule has 4 rings (SSSR count). The first kappa shape index (κ1) is 19.6. The zero-order valence-corrected chi connectivity index (χ0v) is 17.5. The lowest BCUT2D eigenvalue weighted by atomic mass is 10.1. The van der Waals surface area contributed by atoms with E-state index in [4.69, 9.17) is 4.74 Å². The second-order valence-electron chi connectivity index (χ2n) is 7.51. The van der Waals surface area contributed by atoms with Gasteiger partial charge in [-0.1, -0.05) is 24.6 Å². The average Bonchev–Trinajstić information content (AvgIpc) is 3.39. The predicted octanol–water partition coefficient (Wildman–Crippen LogP) is 2.62. The Hall–Kier alpha value is -1.74. The summed E-state index contributed by atoms with van der Waals surface area (Å²) in [6, 6.07) is 5.60. The number of carbonyl (C=O) groups excluding carboxylic acids is 1. The molecule has 2 aliphatic rings. The van der Waals surface area contributed by atoms with Crippen LogP contribution in [-0.4, -0.2) is 65.6 Å². The third-order valence-corrected chi connectivity index (χ3v) is 8.22. The van der Waals surface area contributed by atoms with E-state index >= 15 is 0 Å². The lowest BCUT2D eigenvalue weighted by molar-refractivity contribution is -0.132. The molecule has 28 heavy (non-hydrogen) atoms. The summed E-state index contributed by atoms with van der Waals surface area (Å²) in [5, 5.41) is 0.682. The molecule has 2 aromatic rings. The second-order valence-corrected chi connectivity index (χ2v) is 10.7. The molecule has 1 aliphatic heterocycles. The van der Waals surface area contributed by atoms with Gasteiger partial charge in [0.25, 0.3) is 0 Å². The van der Waals surface area contributed by atoms with Crippen molar-refractivity contribution < 1.29 is 17.9 Å². The van der Waals surface area contributed by atoms with Crippen molar-refractivity contribution in [2.75, 3.05) is 24.4 Å². The SMILES string of the molecule is COc1ccc2nc(SCC(=O)N(C3CCCC3)C3CCS(=O)(=O)C3)[nH]c2c1. The van der Waals surface area contributed by atoms with Gasteiger partial charge >= 0.3 is 0 Å². The van der Waals surface area contributed by atoms with Gasteiger partial charge in [0.05, 0.1) is 35.4 Å². The minimum atomic E-state index is -3.03. The van der Waals surface area contributed by atoms with Gasteiger partial charge in [0.2, 0.25) is 5.91 Å². The Kier molecular flexibility index (Phi) is 5.55. The van der Waals surface area contributed by atoms with Crippen LogP contribution in [0.5, 0.6) is 5.75 Å². The minimum absolute atomic E-state index is 0.0111. The first-order chi connectivity index (χ1) is 13.4. The van der Waals surface area contributed by atoms with Crippen molar-refractivity contribution in [3.8, 4) is 5.75 Å². The number of H-pyrrole nitrogens is 1. The van der Waals surface area contributed by atoms with Gasteiger partial charge in [0.15, 0.2) is 15.0 Å². The number of hydrogen-bond acceptors (Lipinski definition) is 6. The van der Waals surface area contributed by atoms with E-state index in [1.165, 1.54) is 11.8 Å². The number of benzene rings is 1. The van der Waals surface area contributed by atoms with E-state index in [0.717, 1.165) is 42.5 Å². The van der Waals surface area contributed by atoms with Gasteiger partial charge in [-0.2, -0.15) is 0 Å². The summed E-state index contributed by atoms with van der Waals surface area (Å²) < 4.78 is 29.1. The zero-order chi connectivity index (χ0) is 19.7. The molecule has 0 spiro atoms. The highest BCUT2D eigenvalue weighted by Gasteiger charge is 2.38. The number of nitrogens with zero attached hydrogens (tertiary/aromatic N) is 2. The number of aromatic nitrogens is 2. The number of imidazole rings is 1. The molecule has 7 nitrogen and oxygen atoms in total. The first-order valence-electron chi connectivity index (χ1n) is 9.63. The van der Waals surface area contributed by atoms with Gasteiger partial charge in [0.1, 0.15) is 5.75 Å². The van der Waals surface area contributed by atoms with Crippen molar-refractivity contribution in [3.63, 3.8) is 0 Å². The molecule has 1 aliphatic carbocycles. The minimum Gasteiger partial charge on any atom is -0.497 e. The van der Waals surface area contributed by atoms with E-state index in [1.807, 2.05) is 23.1 Å². The molecule has 0 bridgehead atoms. The highest BCUT2D eigenvalue weighted by molar-refractivity contribution is 7.99. The second kappa shape index (κ2) is 7.94. The van der Waals surface area contributed by atoms with E-state index in [0.29, 0.717) is 11.6 Å². The summed E-state index contributed by atoms with van der Waals surface area (Å²) in [6.07, 6.45) is 4.70. The quantitative estimate of drug-likeness (QED) is 0.718. The molecule has 152 valence electrons. The molecule has 1 saturated carbocycles. The van der Waals surface area contributed by atoms with E-state index < -0.39 is 9.84 Å². The Morgan fingerprint density at radius 1 is 1.29 bits per heavy atom. The molecular weight excluding hydrogens is 398 g/mol. The smallest absolute Gasteiger partial charge is 0.233 e. The molecule has 2 fully saturated rings. The van der Waals surface area contributed by atoms with Crippen molar-refractivity contribution in [1.82, 2.24) is 14.9 Å². The van der Waals surface area contributed by atoms with E-state index in [1.54, 1.807) is 7.11 Å². The maximum absolute atomic E-state index is 13.1. The summed E-state index contributed by atoms with van der Waals surface area (Å²) in [5.74, 6) is 1.30. The molecule has 0 radical (unpaired) electrons. The molecule has 1 amide bonds. The Balaban J connectivity index is 1.46. The fraction of sp³-hybridized carbons (Fsp3) is 0.579. The number of methoxy groups -OCH3 is 1. The van der Waals surface area contributed by atoms with E-state index in [9.17, 15) is 13.2 Å². The van der Waals surface area contributed by atoms with Gasteiger partial charge in [0, 0.05) is 18.2 Å². The normalized spacial score (nSPS) is 22.0. The number of hydrogen-bond donors (Lipinski definition) is 1. The standard InChI is InChI=1S/C19H25N3O4S2/c1-26-15-6-7-16-17(10-15)21-19(20-16)27-11-18(23)22(13-4-2-3-5-13)14-8-9-28(24,25)12-14/h6-7,10,13-14H,2-5,8-9,11-12H2,1H3,(H,20,21). The number of rotatable bonds is 6. The summed E-state index contributed by atoms with van der Waals surface area (Å²) in [5.41, 5.74) is 1.69. The predicted molar refractivity (Wildman–Crippen MR) is 110 cm³/mol. The lowest BCUT2D eigenvalue weighted by Crippen LogP contribution is -2.47. The van der Waals surface area contributed by atoms with Crippen LogP contribution in [0.3, 0.4) is 0 Å². The third kappa shape index (κ3) is 4.15. The lowest BCUT2D eigenvalue weighted by Gasteiger charge is -2.34. The number of ether oxygens (including phenoxy) is 1. The van der Waals surface area contributed by atoms with Crippen LogP contribution in [0.1, 0.15) is 32.1 Å². The largest absolute Gasteiger partial charge is 0.497 e. The van der Waals surface area contributed by atoms with Crippen LogP contribution in [0.2, 0.25) is 0 Å². The monoisotopic (exact) mass is 423 g/mol. The van der Waals surface area contributed by atoms with Gasteiger partial charge in [-0.15, -0.1) is 0 Å². The number of aromatic amines is 1. The first-order valence-corrected chi connectivity index (χ1v) is 12.4. The Morgan fingerprint density at radius 3 is 2.75 bits per heavy atom. The molecular formula is C19H25N3O4S2. The molecule has 1 aromatic heterocycles. The summed E-state index contributed by atoms with van der Waals surface area (Å²) in [7, 11) is -1.41. The third-order valence-electron chi connectivity index (χ3n) is 5.61. The number of carbonyl (C=O) groups is 1. The van der Waals surface area contributed by atoms with Crippen molar-refractivity contribution in [1.29, 1.82) is 0 Å². The van der Waals surface area contributed by atoms with Crippen LogP contribution in [0.15, 0.2) is 23.4 Å². The maximum Gasteiger partial charge on any atom is 0.233 e. The van der Waals surface area contributed by atoms with Gasteiger partial charge in [-0.05, 0) is 31.4 Å². The average molecular weight is 424 g/mol.